The van der Waals surface area contributed by atoms with Crippen molar-refractivity contribution in [3.05, 3.63) is 0 Å². The van der Waals surface area contributed by atoms with Gasteiger partial charge in [-0.1, -0.05) is 15.9 Å². The number of rotatable bonds is 3. The van der Waals surface area contributed by atoms with E-state index in [1.54, 1.807) is 0 Å². The number of carbonyl (C=O) groups excluding carboxylic acids is 1. The summed E-state index contributed by atoms with van der Waals surface area (Å²) in [5.41, 5.74) is 0.456. The standard InChI is InChI=1S/C16H26BrNO/c1-15(2,17)14(19)18(3)10-16-7-11-4-12(8-16)6-13(5-11)9-16/h11-13H,4-10H2,1-3H3. The van der Waals surface area contributed by atoms with Crippen LogP contribution in [0.2, 0.25) is 0 Å². The maximum absolute atomic E-state index is 12.4. The van der Waals surface area contributed by atoms with Gasteiger partial charge in [-0.15, -0.1) is 0 Å². The van der Waals surface area contributed by atoms with E-state index in [1.807, 2.05) is 25.8 Å². The van der Waals surface area contributed by atoms with Crippen LogP contribution in [0.4, 0.5) is 0 Å². The number of halogens is 1. The van der Waals surface area contributed by atoms with Crippen molar-refractivity contribution in [1.82, 2.24) is 4.90 Å². The van der Waals surface area contributed by atoms with Crippen molar-refractivity contribution in [2.45, 2.75) is 56.7 Å². The Morgan fingerprint density at radius 2 is 1.58 bits per heavy atom. The summed E-state index contributed by atoms with van der Waals surface area (Å²) in [6, 6.07) is 0. The molecule has 4 fully saturated rings. The zero-order valence-corrected chi connectivity index (χ0v) is 14.0. The second kappa shape index (κ2) is 4.47. The van der Waals surface area contributed by atoms with Crippen LogP contribution in [0.5, 0.6) is 0 Å². The first kappa shape index (κ1) is 13.9. The van der Waals surface area contributed by atoms with Crippen molar-refractivity contribution in [3.63, 3.8) is 0 Å². The maximum atomic E-state index is 12.4. The van der Waals surface area contributed by atoms with Crippen molar-refractivity contribution in [2.24, 2.45) is 23.2 Å². The predicted molar refractivity (Wildman–Crippen MR) is 81.2 cm³/mol. The second-order valence-electron chi connectivity index (χ2n) is 8.05. The van der Waals surface area contributed by atoms with Gasteiger partial charge in [0.1, 0.15) is 0 Å². The zero-order chi connectivity index (χ0) is 13.8. The summed E-state index contributed by atoms with van der Waals surface area (Å²) in [7, 11) is 1.99. The fraction of sp³-hybridized carbons (Fsp3) is 0.938. The molecule has 0 heterocycles. The van der Waals surface area contributed by atoms with Gasteiger partial charge in [-0.25, -0.2) is 0 Å². The molecule has 3 heteroatoms. The highest BCUT2D eigenvalue weighted by atomic mass is 79.9. The molecule has 4 bridgehead atoms. The van der Waals surface area contributed by atoms with Gasteiger partial charge in [0.05, 0.1) is 4.32 Å². The lowest BCUT2D eigenvalue weighted by atomic mass is 9.49. The lowest BCUT2D eigenvalue weighted by Crippen LogP contribution is -2.53. The summed E-state index contributed by atoms with van der Waals surface area (Å²) in [5.74, 6) is 3.12. The van der Waals surface area contributed by atoms with Crippen LogP contribution >= 0.6 is 15.9 Å². The number of hydrogen-bond donors (Lipinski definition) is 0. The Hall–Kier alpha value is -0.0500. The second-order valence-corrected chi connectivity index (χ2v) is 10.0. The number of nitrogens with zero attached hydrogens (tertiary/aromatic N) is 1. The van der Waals surface area contributed by atoms with Crippen LogP contribution < -0.4 is 0 Å². The van der Waals surface area contributed by atoms with Gasteiger partial charge in [0.2, 0.25) is 5.91 Å². The van der Waals surface area contributed by atoms with Crippen molar-refractivity contribution < 1.29 is 4.79 Å². The van der Waals surface area contributed by atoms with Crippen LogP contribution in [0.1, 0.15) is 52.4 Å². The number of alkyl halides is 1. The molecule has 2 nitrogen and oxygen atoms in total. The molecule has 0 saturated heterocycles. The Balaban J connectivity index is 1.71. The Morgan fingerprint density at radius 1 is 1.16 bits per heavy atom. The van der Waals surface area contributed by atoms with Crippen LogP contribution in [0.3, 0.4) is 0 Å². The van der Waals surface area contributed by atoms with Gasteiger partial charge in [0.15, 0.2) is 0 Å². The quantitative estimate of drug-likeness (QED) is 0.721. The highest BCUT2D eigenvalue weighted by Crippen LogP contribution is 2.60. The van der Waals surface area contributed by atoms with Gasteiger partial charge in [-0.2, -0.15) is 0 Å². The van der Waals surface area contributed by atoms with Crippen LogP contribution in [-0.4, -0.2) is 28.7 Å². The lowest BCUT2D eigenvalue weighted by molar-refractivity contribution is -0.136. The third-order valence-corrected chi connectivity index (χ3v) is 5.93. The molecular formula is C16H26BrNO. The predicted octanol–water partition coefficient (Wildman–Crippen LogP) is 3.83. The summed E-state index contributed by atoms with van der Waals surface area (Å²) in [5, 5.41) is 0. The number of amides is 1. The van der Waals surface area contributed by atoms with Crippen LogP contribution in [-0.2, 0) is 4.79 Å². The Labute approximate surface area is 125 Å². The minimum absolute atomic E-state index is 0.225. The molecule has 0 N–H and O–H groups in total. The molecule has 0 unspecified atom stereocenters. The third kappa shape index (κ3) is 2.59. The summed E-state index contributed by atoms with van der Waals surface area (Å²) in [6.45, 7) is 4.88. The van der Waals surface area contributed by atoms with Gasteiger partial charge in [-0.3, -0.25) is 4.79 Å². The van der Waals surface area contributed by atoms with Gasteiger partial charge in [0, 0.05) is 13.6 Å². The first-order chi connectivity index (χ1) is 8.77. The molecule has 4 aliphatic carbocycles. The fourth-order valence-corrected chi connectivity index (χ4v) is 5.82. The first-order valence-electron chi connectivity index (χ1n) is 7.72. The van der Waals surface area contributed by atoms with E-state index in [9.17, 15) is 4.79 Å². The van der Waals surface area contributed by atoms with E-state index in [-0.39, 0.29) is 5.91 Å². The van der Waals surface area contributed by atoms with Crippen molar-refractivity contribution in [1.29, 1.82) is 0 Å². The summed E-state index contributed by atoms with van der Waals surface area (Å²) < 4.78 is -0.427. The SMILES string of the molecule is CN(CC12CC3CC(CC(C3)C1)C2)C(=O)C(C)(C)Br. The molecular weight excluding hydrogens is 302 g/mol. The average molecular weight is 328 g/mol. The maximum Gasteiger partial charge on any atom is 0.238 e. The minimum Gasteiger partial charge on any atom is -0.344 e. The summed E-state index contributed by atoms with van der Waals surface area (Å²) >= 11 is 3.50. The fourth-order valence-electron chi connectivity index (χ4n) is 5.51. The molecule has 0 aromatic carbocycles. The molecule has 0 radical (unpaired) electrons. The van der Waals surface area contributed by atoms with E-state index in [0.29, 0.717) is 5.41 Å². The zero-order valence-electron chi connectivity index (χ0n) is 12.4. The Bertz CT molecular complexity index is 349. The molecule has 0 aliphatic heterocycles. The van der Waals surface area contributed by atoms with Crippen LogP contribution in [0.15, 0.2) is 0 Å². The van der Waals surface area contributed by atoms with E-state index < -0.39 is 4.32 Å². The van der Waals surface area contributed by atoms with Gasteiger partial charge in [-0.05, 0) is 75.5 Å². The third-order valence-electron chi connectivity index (χ3n) is 5.59. The largest absolute Gasteiger partial charge is 0.344 e. The van der Waals surface area contributed by atoms with Gasteiger partial charge >= 0.3 is 0 Å². The van der Waals surface area contributed by atoms with Crippen molar-refractivity contribution in [3.8, 4) is 0 Å². The van der Waals surface area contributed by atoms with E-state index in [1.165, 1.54) is 38.5 Å². The van der Waals surface area contributed by atoms with E-state index in [0.717, 1.165) is 24.3 Å². The van der Waals surface area contributed by atoms with Gasteiger partial charge in [0.25, 0.3) is 0 Å². The normalized spacial score (nSPS) is 40.5. The monoisotopic (exact) mass is 327 g/mol. The molecule has 0 atom stereocenters. The topological polar surface area (TPSA) is 20.3 Å². The highest BCUT2D eigenvalue weighted by molar-refractivity contribution is 9.10. The van der Waals surface area contributed by atoms with Crippen LogP contribution in [0.25, 0.3) is 0 Å². The van der Waals surface area contributed by atoms with E-state index in [2.05, 4.69) is 15.9 Å². The average Bonchev–Trinajstić information content (AvgIpc) is 2.23. The van der Waals surface area contributed by atoms with E-state index in [4.69, 9.17) is 0 Å². The molecule has 0 spiro atoms. The molecule has 0 aromatic rings. The molecule has 4 rings (SSSR count). The van der Waals surface area contributed by atoms with Crippen molar-refractivity contribution in [2.75, 3.05) is 13.6 Å². The minimum atomic E-state index is -0.427. The molecule has 0 aromatic heterocycles. The molecule has 19 heavy (non-hydrogen) atoms. The Morgan fingerprint density at radius 3 is 1.95 bits per heavy atom. The van der Waals surface area contributed by atoms with E-state index >= 15 is 0 Å². The number of carbonyl (C=O) groups is 1. The smallest absolute Gasteiger partial charge is 0.238 e. The first-order valence-corrected chi connectivity index (χ1v) is 8.51. The lowest BCUT2D eigenvalue weighted by Gasteiger charge is -2.57. The molecule has 4 saturated carbocycles. The molecule has 4 aliphatic rings. The number of hydrogen-bond acceptors (Lipinski definition) is 1. The van der Waals surface area contributed by atoms with Gasteiger partial charge < -0.3 is 4.90 Å². The molecule has 108 valence electrons. The Kier molecular flexibility index (Phi) is 3.28. The van der Waals surface area contributed by atoms with Crippen molar-refractivity contribution >= 4 is 21.8 Å². The summed E-state index contributed by atoms with van der Waals surface area (Å²) in [6.07, 6.45) is 8.54. The summed E-state index contributed by atoms with van der Waals surface area (Å²) in [4.78, 5) is 14.4. The van der Waals surface area contributed by atoms with Crippen LogP contribution in [0, 0.1) is 23.2 Å². The highest BCUT2D eigenvalue weighted by Gasteiger charge is 2.51. The molecule has 1 amide bonds.